The van der Waals surface area contributed by atoms with Crippen LogP contribution in [0.25, 0.3) is 0 Å². The van der Waals surface area contributed by atoms with Crippen molar-refractivity contribution in [1.82, 2.24) is 5.32 Å². The molecular formula is C9H19NO. The minimum atomic E-state index is 0.471. The first kappa shape index (κ1) is 9.01. The molecular weight excluding hydrogens is 138 g/mol. The largest absolute Gasteiger partial charge is 0.375 e. The van der Waals surface area contributed by atoms with Gasteiger partial charge in [-0.05, 0) is 5.92 Å². The monoisotopic (exact) mass is 157 g/mol. The van der Waals surface area contributed by atoms with Crippen molar-refractivity contribution in [2.45, 2.75) is 32.8 Å². The van der Waals surface area contributed by atoms with Gasteiger partial charge in [-0.2, -0.15) is 0 Å². The zero-order valence-corrected chi connectivity index (χ0v) is 7.60. The van der Waals surface area contributed by atoms with Gasteiger partial charge < -0.3 is 10.1 Å². The van der Waals surface area contributed by atoms with E-state index in [1.807, 2.05) is 0 Å². The minimum absolute atomic E-state index is 0.471. The Morgan fingerprint density at radius 3 is 2.64 bits per heavy atom. The Bertz CT molecular complexity index is 95.7. The molecule has 0 saturated carbocycles. The van der Waals surface area contributed by atoms with Gasteiger partial charge in [0.2, 0.25) is 0 Å². The quantitative estimate of drug-likeness (QED) is 0.669. The van der Waals surface area contributed by atoms with E-state index in [1.54, 1.807) is 0 Å². The number of nitrogens with one attached hydrogen (secondary N) is 1. The van der Waals surface area contributed by atoms with Gasteiger partial charge in [0.15, 0.2) is 0 Å². The van der Waals surface area contributed by atoms with Crippen LogP contribution in [0, 0.1) is 5.92 Å². The zero-order valence-electron chi connectivity index (χ0n) is 7.60. The molecule has 2 nitrogen and oxygen atoms in total. The van der Waals surface area contributed by atoms with E-state index in [1.165, 1.54) is 12.8 Å². The fourth-order valence-corrected chi connectivity index (χ4v) is 1.70. The van der Waals surface area contributed by atoms with E-state index < -0.39 is 0 Å². The van der Waals surface area contributed by atoms with Crippen LogP contribution < -0.4 is 5.32 Å². The summed E-state index contributed by atoms with van der Waals surface area (Å²) in [6.45, 7) is 7.45. The molecule has 1 aliphatic rings. The number of rotatable bonds is 3. The summed E-state index contributed by atoms with van der Waals surface area (Å²) in [5.74, 6) is 0.753. The van der Waals surface area contributed by atoms with Gasteiger partial charge in [0, 0.05) is 13.1 Å². The number of hydrogen-bond acceptors (Lipinski definition) is 2. The van der Waals surface area contributed by atoms with Crippen LogP contribution in [0.2, 0.25) is 0 Å². The minimum Gasteiger partial charge on any atom is -0.375 e. The highest BCUT2D eigenvalue weighted by atomic mass is 16.5. The van der Waals surface area contributed by atoms with E-state index >= 15 is 0 Å². The van der Waals surface area contributed by atoms with Gasteiger partial charge in [-0.15, -0.1) is 0 Å². The van der Waals surface area contributed by atoms with Crippen molar-refractivity contribution in [3.8, 4) is 0 Å². The van der Waals surface area contributed by atoms with Crippen molar-refractivity contribution < 1.29 is 4.74 Å². The standard InChI is InChI=1S/C9H19NO/c1-3-8(4-2)9-7-10-5-6-11-9/h8-10H,3-7H2,1-2H3. The molecule has 1 unspecified atom stereocenters. The van der Waals surface area contributed by atoms with Gasteiger partial charge in [-0.3, -0.25) is 0 Å². The van der Waals surface area contributed by atoms with Crippen molar-refractivity contribution in [3.63, 3.8) is 0 Å². The predicted molar refractivity (Wildman–Crippen MR) is 46.7 cm³/mol. The third-order valence-corrected chi connectivity index (χ3v) is 2.53. The van der Waals surface area contributed by atoms with Gasteiger partial charge in [0.05, 0.1) is 12.7 Å². The van der Waals surface area contributed by atoms with Crippen LogP contribution in [-0.4, -0.2) is 25.8 Å². The molecule has 0 spiro atoms. The Labute approximate surface area is 69.3 Å². The number of hydrogen-bond donors (Lipinski definition) is 1. The van der Waals surface area contributed by atoms with Gasteiger partial charge in [0.25, 0.3) is 0 Å². The summed E-state index contributed by atoms with van der Waals surface area (Å²) in [4.78, 5) is 0. The second-order valence-corrected chi connectivity index (χ2v) is 3.19. The van der Waals surface area contributed by atoms with E-state index in [4.69, 9.17) is 4.74 Å². The Morgan fingerprint density at radius 2 is 2.18 bits per heavy atom. The Hall–Kier alpha value is -0.0800. The third-order valence-electron chi connectivity index (χ3n) is 2.53. The van der Waals surface area contributed by atoms with Crippen molar-refractivity contribution >= 4 is 0 Å². The first-order valence-electron chi connectivity index (χ1n) is 4.70. The van der Waals surface area contributed by atoms with Crippen LogP contribution in [-0.2, 0) is 4.74 Å². The number of morpholine rings is 1. The van der Waals surface area contributed by atoms with Gasteiger partial charge >= 0.3 is 0 Å². The van der Waals surface area contributed by atoms with Crippen LogP contribution in [0.15, 0.2) is 0 Å². The van der Waals surface area contributed by atoms with Gasteiger partial charge in [-0.1, -0.05) is 26.7 Å². The molecule has 0 aliphatic carbocycles. The molecule has 0 aromatic carbocycles. The molecule has 0 bridgehead atoms. The molecule has 66 valence electrons. The average Bonchev–Trinajstić information content (AvgIpc) is 2.09. The van der Waals surface area contributed by atoms with Crippen molar-refractivity contribution in [2.24, 2.45) is 5.92 Å². The van der Waals surface area contributed by atoms with Gasteiger partial charge in [0.1, 0.15) is 0 Å². The third kappa shape index (κ3) is 2.46. The molecule has 0 aromatic rings. The van der Waals surface area contributed by atoms with Crippen molar-refractivity contribution in [3.05, 3.63) is 0 Å². The summed E-state index contributed by atoms with van der Waals surface area (Å²) >= 11 is 0. The van der Waals surface area contributed by atoms with E-state index in [-0.39, 0.29) is 0 Å². The topological polar surface area (TPSA) is 21.3 Å². The second-order valence-electron chi connectivity index (χ2n) is 3.19. The summed E-state index contributed by atoms with van der Waals surface area (Å²) in [6, 6.07) is 0. The molecule has 1 saturated heterocycles. The van der Waals surface area contributed by atoms with E-state index in [0.29, 0.717) is 6.10 Å². The molecule has 1 atom stereocenters. The SMILES string of the molecule is CCC(CC)C1CNCCO1. The summed E-state index contributed by atoms with van der Waals surface area (Å²) in [5, 5.41) is 3.36. The van der Waals surface area contributed by atoms with E-state index in [9.17, 15) is 0 Å². The summed E-state index contributed by atoms with van der Waals surface area (Å²) in [6.07, 6.45) is 2.95. The average molecular weight is 157 g/mol. The molecule has 1 fully saturated rings. The van der Waals surface area contributed by atoms with Crippen LogP contribution in [0.1, 0.15) is 26.7 Å². The Kier molecular flexibility index (Phi) is 3.87. The molecule has 0 amide bonds. The number of ether oxygens (including phenoxy) is 1. The van der Waals surface area contributed by atoms with Crippen LogP contribution >= 0.6 is 0 Å². The van der Waals surface area contributed by atoms with E-state index in [0.717, 1.165) is 25.6 Å². The molecule has 1 N–H and O–H groups in total. The highest BCUT2D eigenvalue weighted by molar-refractivity contribution is 4.73. The Morgan fingerprint density at radius 1 is 1.45 bits per heavy atom. The van der Waals surface area contributed by atoms with Crippen LogP contribution in [0.3, 0.4) is 0 Å². The first-order chi connectivity index (χ1) is 5.38. The summed E-state index contributed by atoms with van der Waals surface area (Å²) < 4.78 is 5.66. The van der Waals surface area contributed by atoms with Crippen LogP contribution in [0.4, 0.5) is 0 Å². The zero-order chi connectivity index (χ0) is 8.10. The normalized spacial score (nSPS) is 25.9. The summed E-state index contributed by atoms with van der Waals surface area (Å²) in [7, 11) is 0. The lowest BCUT2D eigenvalue weighted by molar-refractivity contribution is -0.0112. The highest BCUT2D eigenvalue weighted by Crippen LogP contribution is 2.16. The summed E-state index contributed by atoms with van der Waals surface area (Å²) in [5.41, 5.74) is 0. The molecule has 2 heteroatoms. The Balaban J connectivity index is 2.30. The maximum absolute atomic E-state index is 5.66. The van der Waals surface area contributed by atoms with Crippen LogP contribution in [0.5, 0.6) is 0 Å². The predicted octanol–water partition coefficient (Wildman–Crippen LogP) is 1.41. The lowest BCUT2D eigenvalue weighted by Gasteiger charge is -2.29. The first-order valence-corrected chi connectivity index (χ1v) is 4.70. The molecule has 11 heavy (non-hydrogen) atoms. The molecule has 0 radical (unpaired) electrons. The van der Waals surface area contributed by atoms with Crippen molar-refractivity contribution in [1.29, 1.82) is 0 Å². The fraction of sp³-hybridized carbons (Fsp3) is 1.00. The smallest absolute Gasteiger partial charge is 0.0727 e. The molecule has 1 rings (SSSR count). The maximum atomic E-state index is 5.66. The lowest BCUT2D eigenvalue weighted by Crippen LogP contribution is -2.42. The fourth-order valence-electron chi connectivity index (χ4n) is 1.70. The van der Waals surface area contributed by atoms with Gasteiger partial charge in [-0.25, -0.2) is 0 Å². The van der Waals surface area contributed by atoms with Crippen molar-refractivity contribution in [2.75, 3.05) is 19.7 Å². The maximum Gasteiger partial charge on any atom is 0.0727 e. The molecule has 1 heterocycles. The molecule has 0 aromatic heterocycles. The second kappa shape index (κ2) is 4.73. The van der Waals surface area contributed by atoms with E-state index in [2.05, 4.69) is 19.2 Å². The highest BCUT2D eigenvalue weighted by Gasteiger charge is 2.20. The molecule has 1 aliphatic heterocycles. The lowest BCUT2D eigenvalue weighted by atomic mass is 9.96.